The molecule has 0 bridgehead atoms. The molecule has 0 aliphatic rings. The Morgan fingerprint density at radius 2 is 2.29 bits per heavy atom. The van der Waals surface area contributed by atoms with Crippen LogP contribution in [0.15, 0.2) is 30.6 Å². The number of rotatable bonds is 5. The zero-order valence-electron chi connectivity index (χ0n) is 11.7. The van der Waals surface area contributed by atoms with Crippen molar-refractivity contribution in [3.05, 3.63) is 47.0 Å². The van der Waals surface area contributed by atoms with E-state index in [1.807, 2.05) is 13.2 Å². The molecule has 1 aromatic carbocycles. The molecular weight excluding hydrogens is 297 g/mol. The molecule has 1 amide bonds. The van der Waals surface area contributed by atoms with Crippen molar-refractivity contribution in [2.24, 2.45) is 7.05 Å². The molecule has 0 aliphatic carbocycles. The van der Waals surface area contributed by atoms with Crippen LogP contribution in [-0.4, -0.2) is 34.2 Å². The van der Waals surface area contributed by atoms with Gasteiger partial charge in [-0.05, 0) is 12.1 Å². The number of carbonyl (C=O) groups is 1. The van der Waals surface area contributed by atoms with Crippen molar-refractivity contribution >= 4 is 17.5 Å². The second-order valence-corrected chi connectivity index (χ2v) is 5.04. The number of benzene rings is 1. The molecule has 7 heteroatoms. The minimum absolute atomic E-state index is 0.0383. The molecule has 0 atom stereocenters. The summed E-state index contributed by atoms with van der Waals surface area (Å²) in [4.78, 5) is 13.5. The summed E-state index contributed by atoms with van der Waals surface area (Å²) < 4.78 is 20.0. The second-order valence-electron chi connectivity index (χ2n) is 4.64. The third-order valence-electron chi connectivity index (χ3n) is 2.86. The van der Waals surface area contributed by atoms with Crippen molar-refractivity contribution < 1.29 is 13.9 Å². The molecule has 112 valence electrons. The van der Waals surface area contributed by atoms with Crippen molar-refractivity contribution in [1.29, 1.82) is 0 Å². The highest BCUT2D eigenvalue weighted by Crippen LogP contribution is 2.21. The van der Waals surface area contributed by atoms with Gasteiger partial charge in [-0.3, -0.25) is 9.48 Å². The molecule has 1 heterocycles. The average Bonchev–Trinajstić information content (AvgIpc) is 2.85. The fourth-order valence-electron chi connectivity index (χ4n) is 1.74. The number of aromatic nitrogens is 2. The van der Waals surface area contributed by atoms with Gasteiger partial charge in [0.05, 0.1) is 11.2 Å². The summed E-state index contributed by atoms with van der Waals surface area (Å²) in [5, 5.41) is 4.00. The van der Waals surface area contributed by atoms with E-state index in [4.69, 9.17) is 16.3 Å². The maximum absolute atomic E-state index is 13.0. The van der Waals surface area contributed by atoms with Crippen LogP contribution >= 0.6 is 11.6 Å². The summed E-state index contributed by atoms with van der Waals surface area (Å²) in [6.07, 6.45) is 3.54. The Kier molecular flexibility index (Phi) is 4.80. The summed E-state index contributed by atoms with van der Waals surface area (Å²) in [6, 6.07) is 3.96. The minimum Gasteiger partial charge on any atom is -0.484 e. The van der Waals surface area contributed by atoms with Gasteiger partial charge in [0.15, 0.2) is 6.61 Å². The lowest BCUT2D eigenvalue weighted by Crippen LogP contribution is -2.30. The Morgan fingerprint density at radius 1 is 1.52 bits per heavy atom. The fraction of sp³-hybridized carbons (Fsp3) is 0.286. The Balaban J connectivity index is 1.87. The second kappa shape index (κ2) is 6.58. The summed E-state index contributed by atoms with van der Waals surface area (Å²) in [7, 11) is 3.49. The number of ether oxygens (including phenoxy) is 1. The monoisotopic (exact) mass is 311 g/mol. The average molecular weight is 312 g/mol. The SMILES string of the molecule is CN(Cc1cnn(C)c1)C(=O)COc1ccc(F)c(Cl)c1. The molecule has 0 aliphatic heterocycles. The first-order valence-electron chi connectivity index (χ1n) is 6.25. The van der Waals surface area contributed by atoms with E-state index in [0.717, 1.165) is 5.56 Å². The first kappa shape index (κ1) is 15.3. The van der Waals surface area contributed by atoms with Gasteiger partial charge >= 0.3 is 0 Å². The van der Waals surface area contributed by atoms with Gasteiger partial charge in [-0.25, -0.2) is 4.39 Å². The van der Waals surface area contributed by atoms with Gasteiger partial charge in [0.1, 0.15) is 11.6 Å². The zero-order chi connectivity index (χ0) is 15.4. The molecule has 0 fully saturated rings. The molecule has 0 spiro atoms. The van der Waals surface area contributed by atoms with Gasteiger partial charge in [-0.15, -0.1) is 0 Å². The molecule has 1 aromatic heterocycles. The maximum atomic E-state index is 13.0. The quantitative estimate of drug-likeness (QED) is 0.851. The maximum Gasteiger partial charge on any atom is 0.260 e. The number of hydrogen-bond acceptors (Lipinski definition) is 3. The van der Waals surface area contributed by atoms with E-state index in [9.17, 15) is 9.18 Å². The lowest BCUT2D eigenvalue weighted by atomic mass is 10.3. The highest BCUT2D eigenvalue weighted by molar-refractivity contribution is 6.30. The van der Waals surface area contributed by atoms with E-state index >= 15 is 0 Å². The molecular formula is C14H15ClFN3O2. The summed E-state index contributed by atoms with van der Waals surface area (Å²) in [6.45, 7) is 0.304. The smallest absolute Gasteiger partial charge is 0.260 e. The molecule has 2 aromatic rings. The predicted molar refractivity (Wildman–Crippen MR) is 76.6 cm³/mol. The third-order valence-corrected chi connectivity index (χ3v) is 3.15. The third kappa shape index (κ3) is 4.19. The summed E-state index contributed by atoms with van der Waals surface area (Å²) >= 11 is 5.64. The van der Waals surface area contributed by atoms with Crippen LogP contribution in [0.2, 0.25) is 5.02 Å². The number of carbonyl (C=O) groups excluding carboxylic acids is 1. The summed E-state index contributed by atoms with van der Waals surface area (Å²) in [5.74, 6) is -0.368. The van der Waals surface area contributed by atoms with Crippen molar-refractivity contribution in [2.45, 2.75) is 6.54 Å². The molecule has 21 heavy (non-hydrogen) atoms. The number of hydrogen-bond donors (Lipinski definition) is 0. The predicted octanol–water partition coefficient (Wildman–Crippen LogP) is 2.25. The number of nitrogens with zero attached hydrogens (tertiary/aromatic N) is 3. The first-order chi connectivity index (χ1) is 9.95. The van der Waals surface area contributed by atoms with E-state index in [1.54, 1.807) is 17.9 Å². The molecule has 0 N–H and O–H groups in total. The van der Waals surface area contributed by atoms with E-state index in [0.29, 0.717) is 12.3 Å². The van der Waals surface area contributed by atoms with Crippen LogP contribution in [0.1, 0.15) is 5.56 Å². The molecule has 0 unspecified atom stereocenters. The molecule has 2 rings (SSSR count). The van der Waals surface area contributed by atoms with Crippen molar-refractivity contribution in [3.63, 3.8) is 0 Å². The van der Waals surface area contributed by atoms with Crippen LogP contribution in [-0.2, 0) is 18.4 Å². The molecule has 0 radical (unpaired) electrons. The first-order valence-corrected chi connectivity index (χ1v) is 6.63. The minimum atomic E-state index is -0.524. The van der Waals surface area contributed by atoms with Crippen LogP contribution < -0.4 is 4.74 Å². The Hall–Kier alpha value is -2.08. The topological polar surface area (TPSA) is 47.4 Å². The Bertz CT molecular complexity index is 645. The standard InChI is InChI=1S/C14H15ClFN3O2/c1-18(7-10-6-17-19(2)8-10)14(20)9-21-11-3-4-13(16)12(15)5-11/h3-6,8H,7,9H2,1-2H3. The van der Waals surface area contributed by atoms with E-state index in [2.05, 4.69) is 5.10 Å². The number of amides is 1. The Morgan fingerprint density at radius 3 is 2.90 bits per heavy atom. The van der Waals surface area contributed by atoms with E-state index < -0.39 is 5.82 Å². The van der Waals surface area contributed by atoms with E-state index in [-0.39, 0.29) is 17.5 Å². The number of likely N-dealkylation sites (N-methyl/N-ethyl adjacent to an activating group) is 1. The largest absolute Gasteiger partial charge is 0.484 e. The summed E-state index contributed by atoms with van der Waals surface area (Å²) in [5.41, 5.74) is 0.929. The number of aryl methyl sites for hydroxylation is 1. The van der Waals surface area contributed by atoms with Gasteiger partial charge in [0.2, 0.25) is 0 Å². The molecule has 5 nitrogen and oxygen atoms in total. The van der Waals surface area contributed by atoms with Crippen molar-refractivity contribution in [3.8, 4) is 5.75 Å². The molecule has 0 saturated carbocycles. The normalized spacial score (nSPS) is 10.5. The van der Waals surface area contributed by atoms with Crippen LogP contribution in [0.5, 0.6) is 5.75 Å². The lowest BCUT2D eigenvalue weighted by Gasteiger charge is -2.16. The van der Waals surface area contributed by atoms with Crippen LogP contribution in [0.25, 0.3) is 0 Å². The van der Waals surface area contributed by atoms with Gasteiger partial charge < -0.3 is 9.64 Å². The van der Waals surface area contributed by atoms with Gasteiger partial charge in [-0.2, -0.15) is 5.10 Å². The van der Waals surface area contributed by atoms with Crippen LogP contribution in [0.4, 0.5) is 4.39 Å². The highest BCUT2D eigenvalue weighted by atomic mass is 35.5. The highest BCUT2D eigenvalue weighted by Gasteiger charge is 2.11. The van der Waals surface area contributed by atoms with Crippen molar-refractivity contribution in [2.75, 3.05) is 13.7 Å². The molecule has 0 saturated heterocycles. The zero-order valence-corrected chi connectivity index (χ0v) is 12.5. The van der Waals surface area contributed by atoms with Crippen molar-refractivity contribution in [1.82, 2.24) is 14.7 Å². The number of halogens is 2. The van der Waals surface area contributed by atoms with E-state index in [1.165, 1.54) is 23.1 Å². The van der Waals surface area contributed by atoms with Crippen LogP contribution in [0.3, 0.4) is 0 Å². The van der Waals surface area contributed by atoms with Gasteiger partial charge in [-0.1, -0.05) is 11.6 Å². The Labute approximate surface area is 126 Å². The van der Waals surface area contributed by atoms with Crippen LogP contribution in [0, 0.1) is 5.82 Å². The fourth-order valence-corrected chi connectivity index (χ4v) is 1.91. The van der Waals surface area contributed by atoms with Gasteiger partial charge in [0, 0.05) is 38.5 Å². The van der Waals surface area contributed by atoms with Gasteiger partial charge in [0.25, 0.3) is 5.91 Å². The lowest BCUT2D eigenvalue weighted by molar-refractivity contribution is -0.132.